The molecule has 1 amide bonds. The number of carbonyl (C=O) groups is 2. The number of ether oxygens (including phenoxy) is 1. The Hall–Kier alpha value is -1.84. The van der Waals surface area contributed by atoms with Gasteiger partial charge < -0.3 is 9.64 Å². The number of unbranched alkanes of at least 4 members (excludes halogenated alkanes) is 5. The molecule has 4 heteroatoms. The molecule has 0 bridgehead atoms. The average Bonchev–Trinajstić information content (AvgIpc) is 2.61. The lowest BCUT2D eigenvalue weighted by atomic mass is 10.1. The van der Waals surface area contributed by atoms with Crippen LogP contribution in [-0.2, 0) is 14.3 Å². The maximum atomic E-state index is 12.3. The Labute approximate surface area is 146 Å². The molecular weight excluding hydrogens is 302 g/mol. The molecule has 1 aromatic carbocycles. The second-order valence-corrected chi connectivity index (χ2v) is 5.96. The molecule has 0 fully saturated rings. The van der Waals surface area contributed by atoms with Crippen molar-refractivity contribution >= 4 is 17.6 Å². The van der Waals surface area contributed by atoms with Gasteiger partial charge in [0.25, 0.3) is 0 Å². The van der Waals surface area contributed by atoms with Crippen molar-refractivity contribution in [1.82, 2.24) is 0 Å². The molecule has 0 heterocycles. The molecule has 0 spiro atoms. The van der Waals surface area contributed by atoms with E-state index >= 15 is 0 Å². The Bertz CT molecular complexity index is 473. The van der Waals surface area contributed by atoms with Crippen molar-refractivity contribution in [2.75, 3.05) is 18.1 Å². The number of carbonyl (C=O) groups excluding carboxylic acids is 2. The predicted octanol–water partition coefficient (Wildman–Crippen LogP) is 4.72. The standard InChI is InChI=1S/C20H31NO3/c1-3-5-6-7-8-12-17-24-20(23)16-15-19(22)21(4-2)18-13-10-9-11-14-18/h9-11,13-14H,3-8,12,15-17H2,1-2H3. The predicted molar refractivity (Wildman–Crippen MR) is 98.0 cm³/mol. The van der Waals surface area contributed by atoms with Crippen LogP contribution >= 0.6 is 0 Å². The van der Waals surface area contributed by atoms with E-state index in [0.717, 1.165) is 18.5 Å². The van der Waals surface area contributed by atoms with Gasteiger partial charge in [0.15, 0.2) is 0 Å². The van der Waals surface area contributed by atoms with Crippen molar-refractivity contribution in [3.63, 3.8) is 0 Å². The summed E-state index contributed by atoms with van der Waals surface area (Å²) in [5.74, 6) is -0.318. The number of nitrogens with zero attached hydrogens (tertiary/aromatic N) is 1. The van der Waals surface area contributed by atoms with Gasteiger partial charge in [-0.3, -0.25) is 9.59 Å². The minimum atomic E-state index is -0.277. The van der Waals surface area contributed by atoms with E-state index in [0.29, 0.717) is 13.2 Å². The van der Waals surface area contributed by atoms with Gasteiger partial charge in [0.2, 0.25) is 5.91 Å². The fraction of sp³-hybridized carbons (Fsp3) is 0.600. The molecule has 0 radical (unpaired) electrons. The van der Waals surface area contributed by atoms with E-state index in [1.165, 1.54) is 25.7 Å². The molecular formula is C20H31NO3. The van der Waals surface area contributed by atoms with Gasteiger partial charge in [-0.05, 0) is 25.5 Å². The highest BCUT2D eigenvalue weighted by Gasteiger charge is 2.15. The largest absolute Gasteiger partial charge is 0.466 e. The second-order valence-electron chi connectivity index (χ2n) is 5.96. The molecule has 0 unspecified atom stereocenters. The zero-order valence-corrected chi connectivity index (χ0v) is 15.1. The van der Waals surface area contributed by atoms with E-state index < -0.39 is 0 Å². The number of anilines is 1. The Kier molecular flexibility index (Phi) is 10.6. The third kappa shape index (κ3) is 8.14. The highest BCUT2D eigenvalue weighted by Crippen LogP contribution is 2.15. The molecule has 4 nitrogen and oxygen atoms in total. The van der Waals surface area contributed by atoms with Crippen molar-refractivity contribution in [2.45, 2.75) is 65.2 Å². The van der Waals surface area contributed by atoms with E-state index in [1.807, 2.05) is 37.3 Å². The van der Waals surface area contributed by atoms with Gasteiger partial charge >= 0.3 is 5.97 Å². The summed E-state index contributed by atoms with van der Waals surface area (Å²) in [4.78, 5) is 25.7. The first-order valence-corrected chi connectivity index (χ1v) is 9.20. The monoisotopic (exact) mass is 333 g/mol. The zero-order valence-electron chi connectivity index (χ0n) is 15.1. The summed E-state index contributed by atoms with van der Waals surface area (Å²) < 4.78 is 5.21. The summed E-state index contributed by atoms with van der Waals surface area (Å²) in [6.45, 7) is 5.19. The van der Waals surface area contributed by atoms with Crippen molar-refractivity contribution in [3.05, 3.63) is 30.3 Å². The van der Waals surface area contributed by atoms with Crippen LogP contribution in [0.3, 0.4) is 0 Å². The van der Waals surface area contributed by atoms with Crippen LogP contribution in [0.2, 0.25) is 0 Å². The van der Waals surface area contributed by atoms with E-state index in [1.54, 1.807) is 4.90 Å². The first-order valence-electron chi connectivity index (χ1n) is 9.20. The fourth-order valence-corrected chi connectivity index (χ4v) is 2.60. The van der Waals surface area contributed by atoms with Gasteiger partial charge in [0, 0.05) is 18.7 Å². The molecule has 0 aromatic heterocycles. The van der Waals surface area contributed by atoms with Gasteiger partial charge in [-0.25, -0.2) is 0 Å². The molecule has 1 aromatic rings. The quantitative estimate of drug-likeness (QED) is 0.410. The smallest absolute Gasteiger partial charge is 0.306 e. The minimum Gasteiger partial charge on any atom is -0.466 e. The molecule has 0 aliphatic carbocycles. The molecule has 134 valence electrons. The maximum Gasteiger partial charge on any atom is 0.306 e. The Morgan fingerprint density at radius 1 is 0.917 bits per heavy atom. The highest BCUT2D eigenvalue weighted by molar-refractivity contribution is 5.94. The zero-order chi connectivity index (χ0) is 17.6. The second kappa shape index (κ2) is 12.6. The van der Waals surface area contributed by atoms with Gasteiger partial charge in [0.05, 0.1) is 13.0 Å². The lowest BCUT2D eigenvalue weighted by Gasteiger charge is -2.20. The van der Waals surface area contributed by atoms with Crippen LogP contribution in [0.25, 0.3) is 0 Å². The van der Waals surface area contributed by atoms with Crippen molar-refractivity contribution in [3.8, 4) is 0 Å². The van der Waals surface area contributed by atoms with Crippen LogP contribution in [0.5, 0.6) is 0 Å². The van der Waals surface area contributed by atoms with Crippen molar-refractivity contribution < 1.29 is 14.3 Å². The van der Waals surface area contributed by atoms with Crippen molar-refractivity contribution in [1.29, 1.82) is 0 Å². The topological polar surface area (TPSA) is 46.6 Å². The van der Waals surface area contributed by atoms with Crippen LogP contribution in [0.4, 0.5) is 5.69 Å². The lowest BCUT2D eigenvalue weighted by molar-refractivity contribution is -0.144. The summed E-state index contributed by atoms with van der Waals surface area (Å²) in [7, 11) is 0. The summed E-state index contributed by atoms with van der Waals surface area (Å²) in [6.07, 6.45) is 7.32. The average molecular weight is 333 g/mol. The number of para-hydroxylation sites is 1. The van der Waals surface area contributed by atoms with Gasteiger partial charge in [-0.2, -0.15) is 0 Å². The van der Waals surface area contributed by atoms with Gasteiger partial charge in [-0.1, -0.05) is 57.2 Å². The van der Waals surface area contributed by atoms with Crippen LogP contribution in [-0.4, -0.2) is 25.0 Å². The van der Waals surface area contributed by atoms with E-state index in [4.69, 9.17) is 4.74 Å². The Morgan fingerprint density at radius 3 is 2.25 bits per heavy atom. The highest BCUT2D eigenvalue weighted by atomic mass is 16.5. The summed E-state index contributed by atoms with van der Waals surface area (Å²) >= 11 is 0. The third-order valence-electron chi connectivity index (χ3n) is 3.99. The first kappa shape index (κ1) is 20.2. The molecule has 24 heavy (non-hydrogen) atoms. The molecule has 0 aliphatic heterocycles. The molecule has 0 saturated carbocycles. The van der Waals surface area contributed by atoms with Crippen LogP contribution in [0.15, 0.2) is 30.3 Å². The summed E-state index contributed by atoms with van der Waals surface area (Å²) in [5, 5.41) is 0. The maximum absolute atomic E-state index is 12.3. The number of hydrogen-bond acceptors (Lipinski definition) is 3. The van der Waals surface area contributed by atoms with E-state index in [-0.39, 0.29) is 24.7 Å². The summed E-state index contributed by atoms with van der Waals surface area (Å²) in [5.41, 5.74) is 0.866. The number of rotatable bonds is 12. The van der Waals surface area contributed by atoms with E-state index in [2.05, 4.69) is 6.92 Å². The molecule has 0 saturated heterocycles. The number of benzene rings is 1. The molecule has 0 atom stereocenters. The molecule has 1 rings (SSSR count). The summed E-state index contributed by atoms with van der Waals surface area (Å²) in [6, 6.07) is 9.53. The van der Waals surface area contributed by atoms with E-state index in [9.17, 15) is 9.59 Å². The normalized spacial score (nSPS) is 10.4. The van der Waals surface area contributed by atoms with Crippen LogP contribution in [0, 0.1) is 0 Å². The molecule has 0 N–H and O–H groups in total. The number of hydrogen-bond donors (Lipinski definition) is 0. The molecule has 0 aliphatic rings. The Morgan fingerprint density at radius 2 is 1.58 bits per heavy atom. The first-order chi connectivity index (χ1) is 11.7. The third-order valence-corrected chi connectivity index (χ3v) is 3.99. The lowest BCUT2D eigenvalue weighted by Crippen LogP contribution is -2.30. The SMILES string of the molecule is CCCCCCCCOC(=O)CCC(=O)N(CC)c1ccccc1. The van der Waals surface area contributed by atoms with Gasteiger partial charge in [0.1, 0.15) is 0 Å². The van der Waals surface area contributed by atoms with Crippen LogP contribution < -0.4 is 4.90 Å². The van der Waals surface area contributed by atoms with Crippen LogP contribution in [0.1, 0.15) is 65.2 Å². The fourth-order valence-electron chi connectivity index (χ4n) is 2.60. The number of esters is 1. The minimum absolute atomic E-state index is 0.0415. The number of amides is 1. The van der Waals surface area contributed by atoms with Gasteiger partial charge in [-0.15, -0.1) is 0 Å². The Balaban J connectivity index is 2.20. The van der Waals surface area contributed by atoms with Crippen molar-refractivity contribution in [2.24, 2.45) is 0 Å².